The number of para-hydroxylation sites is 1. The van der Waals surface area contributed by atoms with Gasteiger partial charge in [-0.05, 0) is 25.0 Å². The van der Waals surface area contributed by atoms with Gasteiger partial charge in [0.1, 0.15) is 11.4 Å². The first-order valence-electron chi connectivity index (χ1n) is 9.58. The smallest absolute Gasteiger partial charge is 0.232 e. The van der Waals surface area contributed by atoms with Gasteiger partial charge in [0, 0.05) is 26.1 Å². The Labute approximate surface area is 176 Å². The van der Waals surface area contributed by atoms with Gasteiger partial charge < -0.3 is 4.90 Å². The van der Waals surface area contributed by atoms with E-state index >= 15 is 0 Å². The molecule has 0 spiro atoms. The lowest BCUT2D eigenvalue weighted by Gasteiger charge is -2.31. The van der Waals surface area contributed by atoms with E-state index in [1.165, 1.54) is 27.8 Å². The third kappa shape index (κ3) is 3.60. The predicted molar refractivity (Wildman–Crippen MR) is 115 cm³/mol. The fraction of sp³-hybridized carbons (Fsp3) is 0.350. The van der Waals surface area contributed by atoms with Crippen molar-refractivity contribution in [2.45, 2.75) is 23.8 Å². The number of rotatable bonds is 4. The van der Waals surface area contributed by atoms with E-state index in [-0.39, 0.29) is 5.91 Å². The first-order valence-corrected chi connectivity index (χ1v) is 11.4. The van der Waals surface area contributed by atoms with E-state index in [4.69, 9.17) is 4.98 Å². The van der Waals surface area contributed by atoms with E-state index < -0.39 is 0 Å². The molecular weight excluding hydrogens is 404 g/mol. The van der Waals surface area contributed by atoms with Gasteiger partial charge in [-0.2, -0.15) is 5.10 Å². The number of nitrogens with zero attached hydrogens (tertiary/aromatic N) is 6. The van der Waals surface area contributed by atoms with Gasteiger partial charge in [-0.25, -0.2) is 15.0 Å². The van der Waals surface area contributed by atoms with Crippen LogP contribution < -0.4 is 0 Å². The SMILES string of the molecule is Cn1ncc2c(SCC(=O)N3CCC(c4nc5ccccc5s4)CC3)ncnc21. The van der Waals surface area contributed by atoms with Crippen LogP contribution >= 0.6 is 23.1 Å². The fourth-order valence-electron chi connectivity index (χ4n) is 3.72. The monoisotopic (exact) mass is 424 g/mol. The normalized spacial score (nSPS) is 15.4. The molecule has 0 unspecified atom stereocenters. The van der Waals surface area contributed by atoms with Gasteiger partial charge in [0.25, 0.3) is 0 Å². The number of fused-ring (bicyclic) bond motifs is 2. The van der Waals surface area contributed by atoms with E-state index in [1.54, 1.807) is 22.2 Å². The van der Waals surface area contributed by atoms with E-state index in [2.05, 4.69) is 33.3 Å². The molecule has 1 saturated heterocycles. The highest BCUT2D eigenvalue weighted by atomic mass is 32.2. The summed E-state index contributed by atoms with van der Waals surface area (Å²) in [5, 5.41) is 7.13. The molecule has 1 aromatic carbocycles. The molecule has 0 atom stereocenters. The molecule has 1 fully saturated rings. The number of piperidine rings is 1. The van der Waals surface area contributed by atoms with Crippen LogP contribution in [0, 0.1) is 0 Å². The average molecular weight is 425 g/mol. The van der Waals surface area contributed by atoms with Crippen molar-refractivity contribution in [3.8, 4) is 0 Å². The summed E-state index contributed by atoms with van der Waals surface area (Å²) in [4.78, 5) is 28.1. The molecule has 29 heavy (non-hydrogen) atoms. The number of likely N-dealkylation sites (tertiary alicyclic amines) is 1. The molecule has 0 saturated carbocycles. The zero-order valence-electron chi connectivity index (χ0n) is 16.0. The lowest BCUT2D eigenvalue weighted by Crippen LogP contribution is -2.38. The molecule has 0 aliphatic carbocycles. The molecule has 7 nitrogen and oxygen atoms in total. The minimum absolute atomic E-state index is 0.161. The summed E-state index contributed by atoms with van der Waals surface area (Å²) in [5.74, 6) is 0.988. The predicted octanol–water partition coefficient (Wildman–Crippen LogP) is 3.47. The van der Waals surface area contributed by atoms with Gasteiger partial charge in [0.2, 0.25) is 5.91 Å². The summed E-state index contributed by atoms with van der Waals surface area (Å²) in [6.07, 6.45) is 5.22. The Morgan fingerprint density at radius 3 is 2.90 bits per heavy atom. The van der Waals surface area contributed by atoms with E-state index in [0.29, 0.717) is 11.7 Å². The highest BCUT2D eigenvalue weighted by Crippen LogP contribution is 2.34. The molecule has 3 aromatic heterocycles. The summed E-state index contributed by atoms with van der Waals surface area (Å²) < 4.78 is 2.96. The zero-order chi connectivity index (χ0) is 19.8. The Morgan fingerprint density at radius 2 is 2.07 bits per heavy atom. The maximum atomic E-state index is 12.7. The molecule has 1 aliphatic heterocycles. The number of benzene rings is 1. The van der Waals surface area contributed by atoms with Crippen molar-refractivity contribution in [3.05, 3.63) is 41.8 Å². The second-order valence-electron chi connectivity index (χ2n) is 7.15. The van der Waals surface area contributed by atoms with Crippen LogP contribution in [0.3, 0.4) is 0 Å². The molecule has 4 heterocycles. The first kappa shape index (κ1) is 18.5. The van der Waals surface area contributed by atoms with Crippen LogP contribution in [-0.4, -0.2) is 54.4 Å². The number of aromatic nitrogens is 5. The number of carbonyl (C=O) groups excluding carboxylic acids is 1. The van der Waals surface area contributed by atoms with Crippen molar-refractivity contribution in [1.82, 2.24) is 29.6 Å². The largest absolute Gasteiger partial charge is 0.342 e. The second kappa shape index (κ2) is 7.72. The number of carbonyl (C=O) groups is 1. The van der Waals surface area contributed by atoms with Crippen molar-refractivity contribution in [1.29, 1.82) is 0 Å². The Hall–Kier alpha value is -2.52. The second-order valence-corrected chi connectivity index (χ2v) is 9.17. The molecule has 0 N–H and O–H groups in total. The number of aryl methyl sites for hydroxylation is 1. The third-order valence-corrected chi connectivity index (χ3v) is 7.52. The van der Waals surface area contributed by atoms with Gasteiger partial charge in [-0.15, -0.1) is 11.3 Å². The van der Waals surface area contributed by atoms with Crippen LogP contribution in [0.25, 0.3) is 21.3 Å². The zero-order valence-corrected chi connectivity index (χ0v) is 17.6. The average Bonchev–Trinajstić information content (AvgIpc) is 3.36. The lowest BCUT2D eigenvalue weighted by molar-refractivity contribution is -0.129. The topological polar surface area (TPSA) is 76.8 Å². The summed E-state index contributed by atoms with van der Waals surface area (Å²) in [6.45, 7) is 1.57. The van der Waals surface area contributed by atoms with Crippen LogP contribution in [-0.2, 0) is 11.8 Å². The highest BCUT2D eigenvalue weighted by Gasteiger charge is 2.26. The van der Waals surface area contributed by atoms with Crippen molar-refractivity contribution in [2.75, 3.05) is 18.8 Å². The molecule has 4 aromatic rings. The number of hydrogen-bond donors (Lipinski definition) is 0. The summed E-state index contributed by atoms with van der Waals surface area (Å²) in [5.41, 5.74) is 1.86. The quantitative estimate of drug-likeness (QED) is 0.369. The van der Waals surface area contributed by atoms with Crippen LogP contribution in [0.2, 0.25) is 0 Å². The van der Waals surface area contributed by atoms with Crippen molar-refractivity contribution in [3.63, 3.8) is 0 Å². The van der Waals surface area contributed by atoms with Crippen LogP contribution in [0.4, 0.5) is 0 Å². The van der Waals surface area contributed by atoms with Crippen molar-refractivity contribution in [2.24, 2.45) is 7.05 Å². The number of hydrogen-bond acceptors (Lipinski definition) is 7. The summed E-state index contributed by atoms with van der Waals surface area (Å²) in [6, 6.07) is 8.28. The molecular formula is C20H20N6OS2. The van der Waals surface area contributed by atoms with Gasteiger partial charge in [-0.1, -0.05) is 23.9 Å². The maximum absolute atomic E-state index is 12.7. The van der Waals surface area contributed by atoms with Gasteiger partial charge in [0.15, 0.2) is 5.65 Å². The lowest BCUT2D eigenvalue weighted by atomic mass is 9.97. The standard InChI is InChI=1S/C20H20N6OS2/c1-25-18-14(10-23-25)20(22-12-21-18)28-11-17(27)26-8-6-13(7-9-26)19-24-15-4-2-3-5-16(15)29-19/h2-5,10,12-13H,6-9,11H2,1H3. The Morgan fingerprint density at radius 1 is 1.24 bits per heavy atom. The van der Waals surface area contributed by atoms with E-state index in [9.17, 15) is 4.79 Å². The molecule has 1 aliphatic rings. The number of amides is 1. The minimum Gasteiger partial charge on any atom is -0.342 e. The van der Waals surface area contributed by atoms with Crippen LogP contribution in [0.5, 0.6) is 0 Å². The first-order chi connectivity index (χ1) is 14.2. The van der Waals surface area contributed by atoms with Crippen LogP contribution in [0.1, 0.15) is 23.8 Å². The van der Waals surface area contributed by atoms with Gasteiger partial charge in [-0.3, -0.25) is 9.48 Å². The molecule has 5 rings (SSSR count). The van der Waals surface area contributed by atoms with Crippen LogP contribution in [0.15, 0.2) is 41.8 Å². The van der Waals surface area contributed by atoms with Gasteiger partial charge >= 0.3 is 0 Å². The Kier molecular flexibility index (Phi) is 4.92. The molecule has 0 bridgehead atoms. The van der Waals surface area contributed by atoms with Crippen molar-refractivity contribution < 1.29 is 4.79 Å². The third-order valence-electron chi connectivity index (χ3n) is 5.33. The number of thiazole rings is 1. The molecule has 0 radical (unpaired) electrons. The minimum atomic E-state index is 0.161. The maximum Gasteiger partial charge on any atom is 0.232 e. The molecule has 9 heteroatoms. The van der Waals surface area contributed by atoms with Gasteiger partial charge in [0.05, 0.1) is 32.6 Å². The Balaban J connectivity index is 1.20. The number of thioether (sulfide) groups is 1. The summed E-state index contributed by atoms with van der Waals surface area (Å²) in [7, 11) is 1.85. The fourth-order valence-corrected chi connectivity index (χ4v) is 5.72. The summed E-state index contributed by atoms with van der Waals surface area (Å²) >= 11 is 3.24. The molecule has 1 amide bonds. The van der Waals surface area contributed by atoms with Crippen molar-refractivity contribution >= 4 is 50.3 Å². The molecule has 148 valence electrons. The van der Waals surface area contributed by atoms with E-state index in [1.807, 2.05) is 18.0 Å². The highest BCUT2D eigenvalue weighted by molar-refractivity contribution is 8.00. The van der Waals surface area contributed by atoms with E-state index in [0.717, 1.165) is 47.5 Å². The Bertz CT molecular complexity index is 1150.